The average molecular weight is 240 g/mol. The second kappa shape index (κ2) is 3.69. The van der Waals surface area contributed by atoms with Gasteiger partial charge in [0.2, 0.25) is 0 Å². The maximum atomic E-state index is 11.8. The zero-order valence-electron chi connectivity index (χ0n) is 10.0. The van der Waals surface area contributed by atoms with Gasteiger partial charge >= 0.3 is 5.97 Å². The summed E-state index contributed by atoms with van der Waals surface area (Å²) in [6, 6.07) is 0. The van der Waals surface area contributed by atoms with E-state index in [1.807, 2.05) is 0 Å². The Balaban J connectivity index is 2.01. The van der Waals surface area contributed by atoms with Crippen molar-refractivity contribution in [3.05, 3.63) is 0 Å². The number of carbonyl (C=O) groups is 1. The number of hydrogen-bond donors (Lipinski definition) is 2. The Bertz CT molecular complexity index is 326. The second-order valence-electron chi connectivity index (χ2n) is 6.03. The molecule has 3 saturated carbocycles. The first kappa shape index (κ1) is 11.5. The summed E-state index contributed by atoms with van der Waals surface area (Å²) in [4.78, 5) is 11.8. The van der Waals surface area contributed by atoms with Crippen molar-refractivity contribution in [2.75, 3.05) is 13.2 Å². The molecular weight excluding hydrogens is 220 g/mol. The van der Waals surface area contributed by atoms with Crippen LogP contribution in [-0.2, 0) is 9.53 Å². The summed E-state index contributed by atoms with van der Waals surface area (Å²) < 4.78 is 5.28. The lowest BCUT2D eigenvalue weighted by atomic mass is 9.50. The molecule has 0 aromatic heterocycles. The fourth-order valence-corrected chi connectivity index (χ4v) is 4.42. The average Bonchev–Trinajstić information content (AvgIpc) is 2.78. The highest BCUT2D eigenvalue weighted by Gasteiger charge is 2.64. The molecular formula is C13H20O4. The van der Waals surface area contributed by atoms with Gasteiger partial charge < -0.3 is 14.9 Å². The third-order valence-electron chi connectivity index (χ3n) is 5.37. The van der Waals surface area contributed by atoms with E-state index in [-0.39, 0.29) is 12.5 Å². The minimum atomic E-state index is -1.14. The molecule has 2 bridgehead atoms. The van der Waals surface area contributed by atoms with E-state index in [0.29, 0.717) is 25.4 Å². The van der Waals surface area contributed by atoms with E-state index in [0.717, 1.165) is 25.7 Å². The predicted molar refractivity (Wildman–Crippen MR) is 60.5 cm³/mol. The molecule has 3 aliphatic carbocycles. The topological polar surface area (TPSA) is 66.8 Å². The highest BCUT2D eigenvalue weighted by molar-refractivity contribution is 5.77. The Kier molecular flexibility index (Phi) is 2.49. The first-order valence-electron chi connectivity index (χ1n) is 6.62. The lowest BCUT2D eigenvalue weighted by Crippen LogP contribution is -2.62. The molecule has 2 unspecified atom stereocenters. The first-order chi connectivity index (χ1) is 8.08. The molecule has 4 nitrogen and oxygen atoms in total. The van der Waals surface area contributed by atoms with Crippen molar-refractivity contribution in [2.24, 2.45) is 17.3 Å². The van der Waals surface area contributed by atoms with Crippen LogP contribution in [0.2, 0.25) is 0 Å². The number of hydrogen-bond acceptors (Lipinski definition) is 3. The number of carboxylic acid groups (broad SMARTS) is 1. The summed E-state index contributed by atoms with van der Waals surface area (Å²) in [5.74, 6) is -0.183. The summed E-state index contributed by atoms with van der Waals surface area (Å²) in [5, 5.41) is 20.5. The summed E-state index contributed by atoms with van der Waals surface area (Å²) in [7, 11) is 0. The molecule has 0 aromatic rings. The molecule has 4 aliphatic rings. The Morgan fingerprint density at radius 2 is 1.94 bits per heavy atom. The van der Waals surface area contributed by atoms with Crippen molar-refractivity contribution in [1.29, 1.82) is 0 Å². The molecule has 0 aromatic carbocycles. The summed E-state index contributed by atoms with van der Waals surface area (Å²) >= 11 is 0. The Labute approximate surface area is 101 Å². The lowest BCUT2D eigenvalue weighted by Gasteiger charge is -2.54. The molecule has 4 rings (SSSR count). The Morgan fingerprint density at radius 3 is 2.35 bits per heavy atom. The number of aliphatic hydroxyl groups is 1. The third kappa shape index (κ3) is 1.40. The van der Waals surface area contributed by atoms with Gasteiger partial charge in [0.25, 0.3) is 0 Å². The quantitative estimate of drug-likeness (QED) is 0.766. The fourth-order valence-electron chi connectivity index (χ4n) is 4.42. The molecule has 1 saturated heterocycles. The highest BCUT2D eigenvalue weighted by atomic mass is 16.5. The van der Waals surface area contributed by atoms with Gasteiger partial charge in [-0.25, -0.2) is 0 Å². The predicted octanol–water partition coefficient (Wildman–Crippen LogP) is 1.42. The Hall–Kier alpha value is -0.610. The van der Waals surface area contributed by atoms with Crippen molar-refractivity contribution in [3.8, 4) is 0 Å². The highest BCUT2D eigenvalue weighted by Crippen LogP contribution is 2.59. The second-order valence-corrected chi connectivity index (χ2v) is 6.03. The molecule has 1 aliphatic heterocycles. The minimum absolute atomic E-state index is 0.136. The number of fused-ring (bicyclic) bond motifs is 3. The maximum Gasteiger partial charge on any atom is 0.312 e. The van der Waals surface area contributed by atoms with Gasteiger partial charge in [0.1, 0.15) is 11.0 Å². The normalized spacial score (nSPS) is 49.5. The van der Waals surface area contributed by atoms with E-state index < -0.39 is 17.0 Å². The van der Waals surface area contributed by atoms with Gasteiger partial charge in [-0.15, -0.1) is 0 Å². The zero-order valence-corrected chi connectivity index (χ0v) is 10.0. The molecule has 4 fully saturated rings. The van der Waals surface area contributed by atoms with Crippen LogP contribution < -0.4 is 0 Å². The van der Waals surface area contributed by atoms with E-state index in [4.69, 9.17) is 4.74 Å². The maximum absolute atomic E-state index is 11.8. The van der Waals surface area contributed by atoms with Crippen LogP contribution in [-0.4, -0.2) is 35.0 Å². The van der Waals surface area contributed by atoms with Crippen LogP contribution in [0.5, 0.6) is 0 Å². The summed E-state index contributed by atoms with van der Waals surface area (Å²) in [6.45, 7) is 0.686. The van der Waals surface area contributed by atoms with Crippen LogP contribution in [0.25, 0.3) is 0 Å². The van der Waals surface area contributed by atoms with Crippen LogP contribution in [0.3, 0.4) is 0 Å². The number of rotatable bonds is 2. The molecule has 1 heterocycles. The van der Waals surface area contributed by atoms with E-state index in [2.05, 4.69) is 0 Å². The minimum Gasteiger partial charge on any atom is -0.481 e. The summed E-state index contributed by atoms with van der Waals surface area (Å²) in [5.41, 5.74) is -2.08. The standard InChI is InChI=1S/C13H20O4/c14-11(15)13(12(16)5-6-17-8-12)7-9-1-3-10(13)4-2-9/h9-10,16H,1-8H2,(H,14,15). The zero-order chi connectivity index (χ0) is 12.1. The van der Waals surface area contributed by atoms with E-state index in [1.165, 1.54) is 0 Å². The molecule has 0 amide bonds. The third-order valence-corrected chi connectivity index (χ3v) is 5.37. The molecule has 0 radical (unpaired) electrons. The smallest absolute Gasteiger partial charge is 0.312 e. The van der Waals surface area contributed by atoms with Crippen LogP contribution in [0.15, 0.2) is 0 Å². The first-order valence-corrected chi connectivity index (χ1v) is 6.62. The van der Waals surface area contributed by atoms with Crippen molar-refractivity contribution >= 4 is 5.97 Å². The van der Waals surface area contributed by atoms with Crippen molar-refractivity contribution in [3.63, 3.8) is 0 Å². The van der Waals surface area contributed by atoms with Crippen LogP contribution >= 0.6 is 0 Å². The fraction of sp³-hybridized carbons (Fsp3) is 0.923. The van der Waals surface area contributed by atoms with Crippen molar-refractivity contribution < 1.29 is 19.7 Å². The molecule has 96 valence electrons. The lowest BCUT2D eigenvalue weighted by molar-refractivity contribution is -0.198. The number of ether oxygens (including phenoxy) is 1. The molecule has 2 N–H and O–H groups in total. The number of carboxylic acids is 1. The van der Waals surface area contributed by atoms with Crippen LogP contribution in [0.4, 0.5) is 0 Å². The summed E-state index contributed by atoms with van der Waals surface area (Å²) in [6.07, 6.45) is 5.31. The van der Waals surface area contributed by atoms with Crippen LogP contribution in [0.1, 0.15) is 38.5 Å². The van der Waals surface area contributed by atoms with Gasteiger partial charge in [-0.3, -0.25) is 4.79 Å². The van der Waals surface area contributed by atoms with Crippen LogP contribution in [0, 0.1) is 17.3 Å². The van der Waals surface area contributed by atoms with Gasteiger partial charge in [0, 0.05) is 13.0 Å². The monoisotopic (exact) mass is 240 g/mol. The van der Waals surface area contributed by atoms with Gasteiger partial charge in [-0.1, -0.05) is 12.8 Å². The van der Waals surface area contributed by atoms with E-state index in [9.17, 15) is 15.0 Å². The largest absolute Gasteiger partial charge is 0.481 e. The number of aliphatic carboxylic acids is 1. The van der Waals surface area contributed by atoms with Gasteiger partial charge in [0.15, 0.2) is 0 Å². The van der Waals surface area contributed by atoms with Gasteiger partial charge in [-0.2, -0.15) is 0 Å². The molecule has 0 spiro atoms. The van der Waals surface area contributed by atoms with Gasteiger partial charge in [-0.05, 0) is 31.1 Å². The van der Waals surface area contributed by atoms with Crippen molar-refractivity contribution in [1.82, 2.24) is 0 Å². The Morgan fingerprint density at radius 1 is 1.24 bits per heavy atom. The molecule has 4 heteroatoms. The van der Waals surface area contributed by atoms with Crippen molar-refractivity contribution in [2.45, 2.75) is 44.1 Å². The van der Waals surface area contributed by atoms with Gasteiger partial charge in [0.05, 0.1) is 6.61 Å². The molecule has 2 atom stereocenters. The van der Waals surface area contributed by atoms with E-state index >= 15 is 0 Å². The van der Waals surface area contributed by atoms with E-state index in [1.54, 1.807) is 0 Å². The SMILES string of the molecule is O=C(O)C1(C2(O)CCOC2)CC2CCC1CC2. The molecule has 17 heavy (non-hydrogen) atoms.